The van der Waals surface area contributed by atoms with Gasteiger partial charge in [-0.2, -0.15) is 5.10 Å². The number of rotatable bonds is 5. The first kappa shape index (κ1) is 27.9. The Kier molecular flexibility index (Phi) is 7.57. The third kappa shape index (κ3) is 6.11. The minimum atomic E-state index is -0.797. The van der Waals surface area contributed by atoms with Crippen molar-refractivity contribution in [1.82, 2.24) is 30.0 Å². The van der Waals surface area contributed by atoms with Gasteiger partial charge in [0, 0.05) is 25.2 Å². The largest absolute Gasteiger partial charge is 0.444 e. The fraction of sp³-hybridized carbons (Fsp3) is 0.345. The van der Waals surface area contributed by atoms with Crippen LogP contribution in [0, 0.1) is 11.6 Å². The number of nitrogens with one attached hydrogen (secondary N) is 1. The van der Waals surface area contributed by atoms with Crippen molar-refractivity contribution in [2.45, 2.75) is 51.8 Å². The number of aromatic nitrogens is 4. The number of benzene rings is 2. The van der Waals surface area contributed by atoms with Crippen LogP contribution in [0.1, 0.15) is 55.6 Å². The number of hydrogen-bond donors (Lipinski definition) is 2. The average Bonchev–Trinajstić information content (AvgIpc) is 3.33. The van der Waals surface area contributed by atoms with E-state index in [-0.39, 0.29) is 30.1 Å². The molecule has 0 saturated carbocycles. The highest BCUT2D eigenvalue weighted by Crippen LogP contribution is 2.34. The van der Waals surface area contributed by atoms with E-state index in [1.54, 1.807) is 21.7 Å². The summed E-state index contributed by atoms with van der Waals surface area (Å²) in [6.45, 7) is 6.63. The molecule has 1 aliphatic rings. The molecule has 10 nitrogen and oxygen atoms in total. The van der Waals surface area contributed by atoms with E-state index in [0.29, 0.717) is 29.8 Å². The van der Waals surface area contributed by atoms with Crippen molar-refractivity contribution in [3.8, 4) is 11.3 Å². The zero-order valence-corrected chi connectivity index (χ0v) is 23.0. The summed E-state index contributed by atoms with van der Waals surface area (Å²) in [5.74, 6) is -1.92. The summed E-state index contributed by atoms with van der Waals surface area (Å²) in [4.78, 5) is 35.4. The highest BCUT2D eigenvalue weighted by atomic mass is 19.1. The SMILES string of the molecule is CC(C)(C)OC(=O)N1CCC[C@@H](n2nc(-c3ccc(CNC(=O)c4cc(F)ccc4F)cc3)c3c(N)ncnc32)C1. The molecule has 41 heavy (non-hydrogen) atoms. The van der Waals surface area contributed by atoms with E-state index in [2.05, 4.69) is 15.3 Å². The predicted molar refractivity (Wildman–Crippen MR) is 149 cm³/mol. The third-order valence-corrected chi connectivity index (χ3v) is 6.77. The topological polar surface area (TPSA) is 128 Å². The normalized spacial score (nSPS) is 15.6. The number of carbonyl (C=O) groups is 2. The number of nitrogens with two attached hydrogens (primary N) is 1. The Morgan fingerprint density at radius 2 is 1.88 bits per heavy atom. The molecule has 0 aliphatic carbocycles. The summed E-state index contributed by atoms with van der Waals surface area (Å²) in [5, 5.41) is 8.09. The quantitative estimate of drug-likeness (QED) is 0.355. The lowest BCUT2D eigenvalue weighted by Crippen LogP contribution is -2.43. The lowest BCUT2D eigenvalue weighted by molar-refractivity contribution is 0.0169. The molecule has 3 N–H and O–H groups in total. The van der Waals surface area contributed by atoms with Crippen LogP contribution in [0.4, 0.5) is 19.4 Å². The van der Waals surface area contributed by atoms with Gasteiger partial charge in [-0.05, 0) is 57.4 Å². The van der Waals surface area contributed by atoms with Gasteiger partial charge in [-0.3, -0.25) is 4.79 Å². The number of hydrogen-bond acceptors (Lipinski definition) is 7. The monoisotopic (exact) mass is 563 g/mol. The lowest BCUT2D eigenvalue weighted by atomic mass is 10.1. The van der Waals surface area contributed by atoms with Gasteiger partial charge in [0.1, 0.15) is 35.1 Å². The van der Waals surface area contributed by atoms with Gasteiger partial charge in [0.15, 0.2) is 5.65 Å². The molecule has 12 heteroatoms. The number of piperidine rings is 1. The minimum absolute atomic E-state index is 0.109. The van der Waals surface area contributed by atoms with Crippen LogP contribution >= 0.6 is 0 Å². The molecule has 0 radical (unpaired) electrons. The summed E-state index contributed by atoms with van der Waals surface area (Å²) >= 11 is 0. The molecular weight excluding hydrogens is 532 g/mol. The number of fused-ring (bicyclic) bond motifs is 1. The van der Waals surface area contributed by atoms with Gasteiger partial charge in [-0.25, -0.2) is 28.2 Å². The van der Waals surface area contributed by atoms with Gasteiger partial charge in [-0.15, -0.1) is 0 Å². The standard InChI is InChI=1S/C29H31F2N7O3/c1-29(2,3)41-28(40)37-12-4-5-20(15-37)38-26-23(25(32)34-16-35-26)24(36-38)18-8-6-17(7-9-18)14-33-27(39)21-13-19(30)10-11-22(21)31/h6-11,13,16,20H,4-5,12,14-15H2,1-3H3,(H,33,39)(H2,32,34,35)/t20-/m1/s1. The highest BCUT2D eigenvalue weighted by Gasteiger charge is 2.31. The Balaban J connectivity index is 1.37. The Bertz CT molecular complexity index is 1600. The Hall–Kier alpha value is -4.61. The van der Waals surface area contributed by atoms with Crippen LogP contribution in [-0.2, 0) is 11.3 Å². The second kappa shape index (κ2) is 11.1. The van der Waals surface area contributed by atoms with Gasteiger partial charge in [-0.1, -0.05) is 24.3 Å². The van der Waals surface area contributed by atoms with Crippen molar-refractivity contribution in [2.75, 3.05) is 18.8 Å². The van der Waals surface area contributed by atoms with Crippen molar-refractivity contribution in [3.63, 3.8) is 0 Å². The maximum absolute atomic E-state index is 13.9. The molecule has 0 spiro atoms. The van der Waals surface area contributed by atoms with E-state index in [4.69, 9.17) is 15.6 Å². The van der Waals surface area contributed by atoms with Crippen LogP contribution in [-0.4, -0.2) is 55.3 Å². The zero-order valence-electron chi connectivity index (χ0n) is 23.0. The van der Waals surface area contributed by atoms with Crippen molar-refractivity contribution >= 4 is 28.9 Å². The number of amides is 2. The van der Waals surface area contributed by atoms with Crippen molar-refractivity contribution < 1.29 is 23.1 Å². The van der Waals surface area contributed by atoms with E-state index >= 15 is 0 Å². The van der Waals surface area contributed by atoms with Crippen molar-refractivity contribution in [2.24, 2.45) is 0 Å². The third-order valence-electron chi connectivity index (χ3n) is 6.77. The molecule has 1 fully saturated rings. The molecule has 214 valence electrons. The molecule has 4 aromatic rings. The molecule has 3 heterocycles. The molecule has 0 unspecified atom stereocenters. The van der Waals surface area contributed by atoms with E-state index in [0.717, 1.165) is 42.2 Å². The summed E-state index contributed by atoms with van der Waals surface area (Å²) in [6.07, 6.45) is 2.60. The maximum Gasteiger partial charge on any atom is 0.410 e. The number of nitrogens with zero attached hydrogens (tertiary/aromatic N) is 5. The summed E-state index contributed by atoms with van der Waals surface area (Å²) in [6, 6.07) is 9.85. The van der Waals surface area contributed by atoms with Gasteiger partial charge in [0.25, 0.3) is 5.91 Å². The van der Waals surface area contributed by atoms with E-state index < -0.39 is 23.1 Å². The van der Waals surface area contributed by atoms with Gasteiger partial charge < -0.3 is 20.7 Å². The number of anilines is 1. The zero-order chi connectivity index (χ0) is 29.3. The summed E-state index contributed by atoms with van der Waals surface area (Å²) in [5.41, 5.74) is 7.97. The molecule has 2 aromatic heterocycles. The van der Waals surface area contributed by atoms with Gasteiger partial charge in [0.05, 0.1) is 17.0 Å². The fourth-order valence-corrected chi connectivity index (χ4v) is 4.83. The number of nitrogen functional groups attached to an aromatic ring is 1. The second-order valence-electron chi connectivity index (χ2n) is 11.0. The molecule has 1 saturated heterocycles. The van der Waals surface area contributed by atoms with E-state index in [1.165, 1.54) is 6.33 Å². The predicted octanol–water partition coefficient (Wildman–Crippen LogP) is 4.86. The molecule has 1 aliphatic heterocycles. The van der Waals surface area contributed by atoms with Crippen molar-refractivity contribution in [1.29, 1.82) is 0 Å². The molecule has 0 bridgehead atoms. The van der Waals surface area contributed by atoms with Crippen LogP contribution < -0.4 is 11.1 Å². The number of halogens is 2. The average molecular weight is 564 g/mol. The minimum Gasteiger partial charge on any atom is -0.444 e. The number of ether oxygens (including phenoxy) is 1. The fourth-order valence-electron chi connectivity index (χ4n) is 4.83. The number of carbonyl (C=O) groups excluding carboxylic acids is 2. The van der Waals surface area contributed by atoms with Crippen LogP contribution in [0.15, 0.2) is 48.8 Å². The van der Waals surface area contributed by atoms with E-state index in [9.17, 15) is 18.4 Å². The summed E-state index contributed by atoms with van der Waals surface area (Å²) < 4.78 is 34.8. The summed E-state index contributed by atoms with van der Waals surface area (Å²) in [7, 11) is 0. The van der Waals surface area contributed by atoms with Crippen molar-refractivity contribution in [3.05, 3.63) is 71.6 Å². The molecular formula is C29H31F2N7O3. The highest BCUT2D eigenvalue weighted by molar-refractivity contribution is 5.98. The Labute approximate surface area is 235 Å². The molecule has 2 aromatic carbocycles. The first-order valence-corrected chi connectivity index (χ1v) is 13.3. The molecule has 5 rings (SSSR count). The first-order chi connectivity index (χ1) is 19.5. The van der Waals surface area contributed by atoms with Crippen LogP contribution in [0.2, 0.25) is 0 Å². The van der Waals surface area contributed by atoms with Gasteiger partial charge in [0.2, 0.25) is 0 Å². The first-order valence-electron chi connectivity index (χ1n) is 13.3. The van der Waals surface area contributed by atoms with E-state index in [1.807, 2.05) is 32.9 Å². The van der Waals surface area contributed by atoms with Crippen LogP contribution in [0.3, 0.4) is 0 Å². The van der Waals surface area contributed by atoms with Crippen LogP contribution in [0.25, 0.3) is 22.3 Å². The van der Waals surface area contributed by atoms with Gasteiger partial charge >= 0.3 is 6.09 Å². The maximum atomic E-state index is 13.9. The second-order valence-corrected chi connectivity index (χ2v) is 11.0. The lowest BCUT2D eigenvalue weighted by Gasteiger charge is -2.34. The molecule has 1 atom stereocenters. The Morgan fingerprint density at radius 1 is 1.12 bits per heavy atom. The molecule has 2 amide bonds. The smallest absolute Gasteiger partial charge is 0.410 e. The Morgan fingerprint density at radius 3 is 2.61 bits per heavy atom. The number of likely N-dealkylation sites (tertiary alicyclic amines) is 1. The van der Waals surface area contributed by atoms with Crippen LogP contribution in [0.5, 0.6) is 0 Å².